The molecule has 0 aliphatic carbocycles. The van der Waals surface area contributed by atoms with E-state index in [0.717, 1.165) is 5.56 Å². The molecule has 1 saturated heterocycles. The lowest BCUT2D eigenvalue weighted by atomic mass is 9.95. The summed E-state index contributed by atoms with van der Waals surface area (Å²) in [4.78, 5) is 26.8. The molecule has 2 aromatic carbocycles. The predicted octanol–water partition coefficient (Wildman–Crippen LogP) is 2.80. The van der Waals surface area contributed by atoms with Crippen molar-refractivity contribution in [1.29, 1.82) is 0 Å². The topological polar surface area (TPSA) is 70.7 Å². The largest absolute Gasteiger partial charge is 0.495 e. The van der Waals surface area contributed by atoms with Crippen LogP contribution in [0.1, 0.15) is 18.4 Å². The average Bonchev–Trinajstić information content (AvgIpc) is 2.74. The Hall–Kier alpha value is -2.93. The van der Waals surface area contributed by atoms with Gasteiger partial charge in [0, 0.05) is 12.5 Å². The normalized spacial score (nSPS) is 15.0. The number of nitrogens with zero attached hydrogens (tertiary/aromatic N) is 1. The Kier molecular flexibility index (Phi) is 7.19. The quantitative estimate of drug-likeness (QED) is 0.751. The highest BCUT2D eigenvalue weighted by atomic mass is 19.1. The van der Waals surface area contributed by atoms with Crippen LogP contribution in [0.3, 0.4) is 0 Å². The minimum Gasteiger partial charge on any atom is -0.495 e. The number of carbonyl (C=O) groups is 2. The number of carbonyl (C=O) groups excluding carboxylic acids is 2. The van der Waals surface area contributed by atoms with Gasteiger partial charge in [0.15, 0.2) is 0 Å². The zero-order valence-electron chi connectivity index (χ0n) is 16.5. The minimum absolute atomic E-state index is 0.0186. The summed E-state index contributed by atoms with van der Waals surface area (Å²) in [5, 5.41) is 5.79. The second-order valence-electron chi connectivity index (χ2n) is 7.14. The number of ether oxygens (including phenoxy) is 1. The van der Waals surface area contributed by atoms with Crippen molar-refractivity contribution in [2.24, 2.45) is 5.92 Å². The average molecular weight is 399 g/mol. The number of para-hydroxylation sites is 2. The maximum absolute atomic E-state index is 12.9. The number of hydrogen-bond donors (Lipinski definition) is 2. The number of anilines is 1. The molecule has 1 aliphatic heterocycles. The molecule has 0 radical (unpaired) electrons. The molecular formula is C22H26FN3O3. The number of amides is 2. The molecule has 2 amide bonds. The fraction of sp³-hybridized carbons (Fsp3) is 0.364. The zero-order chi connectivity index (χ0) is 20.6. The first-order valence-electron chi connectivity index (χ1n) is 9.72. The van der Waals surface area contributed by atoms with Crippen molar-refractivity contribution in [3.63, 3.8) is 0 Å². The van der Waals surface area contributed by atoms with Crippen molar-refractivity contribution in [1.82, 2.24) is 10.2 Å². The maximum Gasteiger partial charge on any atom is 0.234 e. The van der Waals surface area contributed by atoms with Crippen LogP contribution in [0.2, 0.25) is 0 Å². The van der Waals surface area contributed by atoms with Crippen molar-refractivity contribution in [2.75, 3.05) is 32.1 Å². The molecule has 2 N–H and O–H groups in total. The van der Waals surface area contributed by atoms with E-state index in [9.17, 15) is 14.0 Å². The lowest BCUT2D eigenvalue weighted by Crippen LogP contribution is -2.43. The summed E-state index contributed by atoms with van der Waals surface area (Å²) < 4.78 is 18.2. The molecule has 0 spiro atoms. The van der Waals surface area contributed by atoms with Gasteiger partial charge in [0.25, 0.3) is 0 Å². The highest BCUT2D eigenvalue weighted by Crippen LogP contribution is 2.25. The number of methoxy groups -OCH3 is 1. The third kappa shape index (κ3) is 6.02. The fourth-order valence-electron chi connectivity index (χ4n) is 3.40. The van der Waals surface area contributed by atoms with Crippen LogP contribution in [-0.4, -0.2) is 43.5 Å². The molecule has 1 aliphatic rings. The molecular weight excluding hydrogens is 373 g/mol. The monoisotopic (exact) mass is 399 g/mol. The summed E-state index contributed by atoms with van der Waals surface area (Å²) in [6, 6.07) is 13.4. The second kappa shape index (κ2) is 10.0. The maximum atomic E-state index is 12.9. The fourth-order valence-corrected chi connectivity index (χ4v) is 3.40. The number of nitrogens with one attached hydrogen (secondary N) is 2. The van der Waals surface area contributed by atoms with E-state index in [1.54, 1.807) is 19.2 Å². The molecule has 6 nitrogen and oxygen atoms in total. The van der Waals surface area contributed by atoms with Gasteiger partial charge in [-0.15, -0.1) is 0 Å². The van der Waals surface area contributed by atoms with Gasteiger partial charge in [0.2, 0.25) is 11.8 Å². The van der Waals surface area contributed by atoms with Gasteiger partial charge in [0.05, 0.1) is 19.3 Å². The van der Waals surface area contributed by atoms with Crippen molar-refractivity contribution < 1.29 is 18.7 Å². The van der Waals surface area contributed by atoms with E-state index in [0.29, 0.717) is 50.5 Å². The first-order valence-corrected chi connectivity index (χ1v) is 9.72. The lowest BCUT2D eigenvalue weighted by molar-refractivity contribution is -0.123. The number of hydrogen-bond acceptors (Lipinski definition) is 4. The summed E-state index contributed by atoms with van der Waals surface area (Å²) in [6.45, 7) is 2.04. The van der Waals surface area contributed by atoms with E-state index < -0.39 is 0 Å². The van der Waals surface area contributed by atoms with Crippen molar-refractivity contribution in [2.45, 2.75) is 19.4 Å². The summed E-state index contributed by atoms with van der Waals surface area (Å²) in [7, 11) is 1.57. The van der Waals surface area contributed by atoms with Crippen LogP contribution in [0.4, 0.5) is 10.1 Å². The summed E-state index contributed by atoms with van der Waals surface area (Å²) in [6.07, 6.45) is 1.40. The molecule has 7 heteroatoms. The SMILES string of the molecule is COc1ccccc1NC(=O)C1CCN(CC(=O)NCc2ccc(F)cc2)CC1. The van der Waals surface area contributed by atoms with Gasteiger partial charge in [-0.25, -0.2) is 4.39 Å². The molecule has 0 saturated carbocycles. The van der Waals surface area contributed by atoms with E-state index in [1.807, 2.05) is 29.2 Å². The Bertz CT molecular complexity index is 833. The highest BCUT2D eigenvalue weighted by Gasteiger charge is 2.26. The predicted molar refractivity (Wildman–Crippen MR) is 109 cm³/mol. The molecule has 154 valence electrons. The third-order valence-electron chi connectivity index (χ3n) is 5.09. The molecule has 0 atom stereocenters. The number of benzene rings is 2. The summed E-state index contributed by atoms with van der Waals surface area (Å²) >= 11 is 0. The first kappa shape index (κ1) is 20.8. The van der Waals surface area contributed by atoms with Gasteiger partial charge in [-0.1, -0.05) is 24.3 Å². The van der Waals surface area contributed by atoms with Gasteiger partial charge >= 0.3 is 0 Å². The van der Waals surface area contributed by atoms with Crippen LogP contribution in [0, 0.1) is 11.7 Å². The summed E-state index contributed by atoms with van der Waals surface area (Å²) in [5.41, 5.74) is 1.52. The standard InChI is InChI=1S/C22H26FN3O3/c1-29-20-5-3-2-4-19(20)25-22(28)17-10-12-26(13-11-17)15-21(27)24-14-16-6-8-18(23)9-7-16/h2-9,17H,10-15H2,1H3,(H,24,27)(H,25,28). The number of rotatable bonds is 7. The number of halogens is 1. The molecule has 3 rings (SSSR count). The Balaban J connectivity index is 1.41. The Morgan fingerprint density at radius 2 is 1.79 bits per heavy atom. The van der Waals surface area contributed by atoms with Crippen molar-refractivity contribution in [3.8, 4) is 5.75 Å². The van der Waals surface area contributed by atoms with E-state index in [-0.39, 0.29) is 23.5 Å². The van der Waals surface area contributed by atoms with Gasteiger partial charge in [-0.05, 0) is 55.8 Å². The van der Waals surface area contributed by atoms with Crippen molar-refractivity contribution >= 4 is 17.5 Å². The number of likely N-dealkylation sites (tertiary alicyclic amines) is 1. The van der Waals surface area contributed by atoms with Gasteiger partial charge in [-0.2, -0.15) is 0 Å². The molecule has 29 heavy (non-hydrogen) atoms. The molecule has 0 aromatic heterocycles. The van der Waals surface area contributed by atoms with Gasteiger partial charge in [-0.3, -0.25) is 14.5 Å². The Morgan fingerprint density at radius 1 is 1.10 bits per heavy atom. The van der Waals surface area contributed by atoms with Crippen LogP contribution in [0.25, 0.3) is 0 Å². The van der Waals surface area contributed by atoms with Gasteiger partial charge in [0.1, 0.15) is 11.6 Å². The molecule has 0 unspecified atom stereocenters. The zero-order valence-corrected chi connectivity index (χ0v) is 16.5. The smallest absolute Gasteiger partial charge is 0.234 e. The van der Waals surface area contributed by atoms with E-state index in [2.05, 4.69) is 10.6 Å². The van der Waals surface area contributed by atoms with Gasteiger partial charge < -0.3 is 15.4 Å². The van der Waals surface area contributed by atoms with Crippen LogP contribution in [-0.2, 0) is 16.1 Å². The lowest BCUT2D eigenvalue weighted by Gasteiger charge is -2.30. The van der Waals surface area contributed by atoms with Crippen LogP contribution >= 0.6 is 0 Å². The van der Waals surface area contributed by atoms with Crippen LogP contribution in [0.5, 0.6) is 5.75 Å². The summed E-state index contributed by atoms with van der Waals surface area (Å²) in [5.74, 6) is 0.161. The van der Waals surface area contributed by atoms with Crippen molar-refractivity contribution in [3.05, 3.63) is 59.9 Å². The van der Waals surface area contributed by atoms with E-state index >= 15 is 0 Å². The first-order chi connectivity index (χ1) is 14.0. The molecule has 1 heterocycles. The van der Waals surface area contributed by atoms with Crippen LogP contribution < -0.4 is 15.4 Å². The molecule has 0 bridgehead atoms. The highest BCUT2D eigenvalue weighted by molar-refractivity contribution is 5.94. The molecule has 2 aromatic rings. The van der Waals surface area contributed by atoms with E-state index in [4.69, 9.17) is 4.74 Å². The molecule has 1 fully saturated rings. The Morgan fingerprint density at radius 3 is 2.48 bits per heavy atom. The third-order valence-corrected chi connectivity index (χ3v) is 5.09. The number of piperidine rings is 1. The minimum atomic E-state index is -0.294. The van der Waals surface area contributed by atoms with E-state index in [1.165, 1.54) is 12.1 Å². The van der Waals surface area contributed by atoms with Crippen LogP contribution in [0.15, 0.2) is 48.5 Å². The Labute approximate surface area is 170 Å². The second-order valence-corrected chi connectivity index (χ2v) is 7.14.